The Balaban J connectivity index is 3.44. The molecule has 0 heterocycles. The molecule has 0 saturated heterocycles. The Hall–Kier alpha value is -0.0500. The number of nitrogens with one attached hydrogen (secondary N) is 1. The van der Waals surface area contributed by atoms with Crippen LogP contribution in [-0.4, -0.2) is 17.3 Å². The molecule has 1 N–H and O–H groups in total. The van der Waals surface area contributed by atoms with E-state index in [2.05, 4.69) is 35.1 Å². The van der Waals surface area contributed by atoms with Crippen LogP contribution in [0.2, 0.25) is 0 Å². The van der Waals surface area contributed by atoms with Gasteiger partial charge in [-0.2, -0.15) is 0 Å². The van der Waals surface area contributed by atoms with Crippen molar-refractivity contribution in [3.63, 3.8) is 0 Å². The monoisotopic (exact) mass is 235 g/mol. The molecular weight excluding hydrogens is 218 g/mol. The average Bonchev–Trinajstić information content (AvgIpc) is 2.02. The number of carbonyl (C=O) groups excluding carboxylic acids is 1. The Morgan fingerprint density at radius 1 is 1.50 bits per heavy atom. The molecule has 0 aromatic carbocycles. The fraction of sp³-hybridized carbons (Fsp3) is 0.889. The number of halogens is 1. The van der Waals surface area contributed by atoms with Crippen LogP contribution in [0.5, 0.6) is 0 Å². The molecule has 0 fully saturated rings. The largest absolute Gasteiger partial charge is 0.355 e. The third-order valence-corrected chi connectivity index (χ3v) is 2.73. The number of carbonyl (C=O) groups is 1. The lowest BCUT2D eigenvalue weighted by Crippen LogP contribution is -2.31. The summed E-state index contributed by atoms with van der Waals surface area (Å²) in [4.78, 5) is 11.2. The molecule has 72 valence electrons. The highest BCUT2D eigenvalue weighted by Gasteiger charge is 2.10. The van der Waals surface area contributed by atoms with Gasteiger partial charge in [0.05, 0.1) is 4.83 Å². The molecule has 3 heteroatoms. The van der Waals surface area contributed by atoms with Crippen molar-refractivity contribution in [2.75, 3.05) is 6.54 Å². The van der Waals surface area contributed by atoms with Crippen LogP contribution in [0, 0.1) is 5.92 Å². The molecule has 1 amide bonds. The first-order valence-corrected chi connectivity index (χ1v) is 5.41. The zero-order valence-corrected chi connectivity index (χ0v) is 9.65. The van der Waals surface area contributed by atoms with Gasteiger partial charge in [-0.1, -0.05) is 36.7 Å². The number of amides is 1. The summed E-state index contributed by atoms with van der Waals surface area (Å²) < 4.78 is 0. The minimum absolute atomic E-state index is 0.0235. The van der Waals surface area contributed by atoms with Gasteiger partial charge in [-0.3, -0.25) is 4.79 Å². The lowest BCUT2D eigenvalue weighted by molar-refractivity contribution is -0.120. The Kier molecular flexibility index (Phi) is 6.44. The van der Waals surface area contributed by atoms with Gasteiger partial charge in [0.25, 0.3) is 0 Å². The Bertz CT molecular complexity index is 136. The zero-order chi connectivity index (χ0) is 9.56. The van der Waals surface area contributed by atoms with Crippen LogP contribution in [0.1, 0.15) is 33.6 Å². The predicted octanol–water partition coefficient (Wildman–Crippen LogP) is 2.32. The first kappa shape index (κ1) is 11.9. The van der Waals surface area contributed by atoms with Crippen molar-refractivity contribution in [2.24, 2.45) is 5.92 Å². The molecule has 0 aliphatic heterocycles. The lowest BCUT2D eigenvalue weighted by Gasteiger charge is -2.09. The van der Waals surface area contributed by atoms with Crippen LogP contribution in [-0.2, 0) is 4.79 Å². The van der Waals surface area contributed by atoms with Crippen LogP contribution in [0.15, 0.2) is 0 Å². The SMILES string of the molecule is CC[C@@H](Br)C(=O)NCCC(C)C. The Labute approximate surface area is 83.2 Å². The molecule has 0 aliphatic rings. The van der Waals surface area contributed by atoms with E-state index >= 15 is 0 Å². The first-order chi connectivity index (χ1) is 5.57. The molecular formula is C9H18BrNO. The van der Waals surface area contributed by atoms with Crippen molar-refractivity contribution in [1.29, 1.82) is 0 Å². The van der Waals surface area contributed by atoms with Crippen molar-refractivity contribution < 1.29 is 4.79 Å². The fourth-order valence-electron chi connectivity index (χ4n) is 0.780. The summed E-state index contributed by atoms with van der Waals surface area (Å²) in [5.74, 6) is 0.763. The van der Waals surface area contributed by atoms with E-state index in [-0.39, 0.29) is 10.7 Å². The molecule has 0 unspecified atom stereocenters. The summed E-state index contributed by atoms with van der Waals surface area (Å²) in [7, 11) is 0. The normalized spacial score (nSPS) is 13.1. The Morgan fingerprint density at radius 3 is 2.50 bits per heavy atom. The van der Waals surface area contributed by atoms with Crippen molar-refractivity contribution in [2.45, 2.75) is 38.4 Å². The van der Waals surface area contributed by atoms with Gasteiger partial charge in [-0.15, -0.1) is 0 Å². The molecule has 0 bridgehead atoms. The van der Waals surface area contributed by atoms with E-state index < -0.39 is 0 Å². The summed E-state index contributed by atoms with van der Waals surface area (Å²) in [5, 5.41) is 2.88. The second-order valence-corrected chi connectivity index (χ2v) is 4.45. The van der Waals surface area contributed by atoms with Gasteiger partial charge in [0.1, 0.15) is 0 Å². The van der Waals surface area contributed by atoms with Gasteiger partial charge in [0.2, 0.25) is 5.91 Å². The van der Waals surface area contributed by atoms with Crippen molar-refractivity contribution >= 4 is 21.8 Å². The highest BCUT2D eigenvalue weighted by molar-refractivity contribution is 9.10. The maximum absolute atomic E-state index is 11.2. The molecule has 0 rings (SSSR count). The third-order valence-electron chi connectivity index (χ3n) is 1.66. The molecule has 0 aromatic rings. The van der Waals surface area contributed by atoms with Gasteiger partial charge in [-0.05, 0) is 18.8 Å². The molecule has 0 aliphatic carbocycles. The summed E-state index contributed by atoms with van der Waals surface area (Å²) in [6.07, 6.45) is 1.89. The minimum atomic E-state index is -0.0235. The molecule has 0 aromatic heterocycles. The smallest absolute Gasteiger partial charge is 0.233 e. The second-order valence-electron chi connectivity index (χ2n) is 3.35. The summed E-state index contributed by atoms with van der Waals surface area (Å²) in [6, 6.07) is 0. The number of hydrogen-bond donors (Lipinski definition) is 1. The molecule has 0 radical (unpaired) electrons. The molecule has 0 saturated carbocycles. The zero-order valence-electron chi connectivity index (χ0n) is 8.06. The number of rotatable bonds is 5. The predicted molar refractivity (Wildman–Crippen MR) is 55.5 cm³/mol. The van der Waals surface area contributed by atoms with Gasteiger partial charge >= 0.3 is 0 Å². The first-order valence-electron chi connectivity index (χ1n) is 4.49. The molecule has 2 nitrogen and oxygen atoms in total. The van der Waals surface area contributed by atoms with E-state index in [0.29, 0.717) is 5.92 Å². The van der Waals surface area contributed by atoms with E-state index in [4.69, 9.17) is 0 Å². The van der Waals surface area contributed by atoms with Crippen LogP contribution < -0.4 is 5.32 Å². The third kappa shape index (κ3) is 5.58. The number of hydrogen-bond acceptors (Lipinski definition) is 1. The van der Waals surface area contributed by atoms with Crippen molar-refractivity contribution in [3.8, 4) is 0 Å². The fourth-order valence-corrected chi connectivity index (χ4v) is 0.942. The summed E-state index contributed by atoms with van der Waals surface area (Å²) in [6.45, 7) is 7.08. The highest BCUT2D eigenvalue weighted by Crippen LogP contribution is 2.04. The van der Waals surface area contributed by atoms with Crippen molar-refractivity contribution in [3.05, 3.63) is 0 Å². The average molecular weight is 236 g/mol. The van der Waals surface area contributed by atoms with Gasteiger partial charge in [-0.25, -0.2) is 0 Å². The molecule has 1 atom stereocenters. The van der Waals surface area contributed by atoms with Crippen molar-refractivity contribution in [1.82, 2.24) is 5.32 Å². The second kappa shape index (κ2) is 6.46. The summed E-state index contributed by atoms with van der Waals surface area (Å²) >= 11 is 3.30. The summed E-state index contributed by atoms with van der Waals surface area (Å²) in [5.41, 5.74) is 0. The number of alkyl halides is 1. The van der Waals surface area contributed by atoms with Crippen LogP contribution >= 0.6 is 15.9 Å². The highest BCUT2D eigenvalue weighted by atomic mass is 79.9. The maximum Gasteiger partial charge on any atom is 0.233 e. The quantitative estimate of drug-likeness (QED) is 0.729. The van der Waals surface area contributed by atoms with Crippen LogP contribution in [0.4, 0.5) is 0 Å². The van der Waals surface area contributed by atoms with Crippen LogP contribution in [0.3, 0.4) is 0 Å². The van der Waals surface area contributed by atoms with Gasteiger partial charge < -0.3 is 5.32 Å². The van der Waals surface area contributed by atoms with E-state index in [9.17, 15) is 4.79 Å². The van der Waals surface area contributed by atoms with E-state index in [1.165, 1.54) is 0 Å². The topological polar surface area (TPSA) is 29.1 Å². The van der Waals surface area contributed by atoms with Gasteiger partial charge in [0, 0.05) is 6.54 Å². The minimum Gasteiger partial charge on any atom is -0.355 e. The van der Waals surface area contributed by atoms with Gasteiger partial charge in [0.15, 0.2) is 0 Å². The van der Waals surface area contributed by atoms with E-state index in [1.54, 1.807) is 0 Å². The van der Waals surface area contributed by atoms with Crippen LogP contribution in [0.25, 0.3) is 0 Å². The maximum atomic E-state index is 11.2. The molecule has 0 spiro atoms. The van der Waals surface area contributed by atoms with E-state index in [0.717, 1.165) is 19.4 Å². The standard InChI is InChI=1S/C9H18BrNO/c1-4-8(10)9(12)11-6-5-7(2)3/h7-8H,4-6H2,1-3H3,(H,11,12)/t8-/m1/s1. The van der Waals surface area contributed by atoms with E-state index in [1.807, 2.05) is 6.92 Å². The molecule has 12 heavy (non-hydrogen) atoms. The lowest BCUT2D eigenvalue weighted by atomic mass is 10.1. The Morgan fingerprint density at radius 2 is 2.08 bits per heavy atom.